The molecule has 0 saturated carbocycles. The summed E-state index contributed by atoms with van der Waals surface area (Å²) in [6.45, 7) is 8.62. The zero-order chi connectivity index (χ0) is 21.0. The van der Waals surface area contributed by atoms with Gasteiger partial charge in [0.05, 0.1) is 7.11 Å². The summed E-state index contributed by atoms with van der Waals surface area (Å²) in [7, 11) is -2.13. The molecule has 1 aliphatic rings. The highest BCUT2D eigenvalue weighted by Gasteiger charge is 2.21. The first-order valence-electron chi connectivity index (χ1n) is 10.4. The Morgan fingerprint density at radius 3 is 2.62 bits per heavy atom. The third-order valence-electron chi connectivity index (χ3n) is 5.63. The summed E-state index contributed by atoms with van der Waals surface area (Å²) in [6, 6.07) is 10.0. The van der Waals surface area contributed by atoms with Crippen LogP contribution in [0.4, 0.5) is 5.69 Å². The molecule has 5 nitrogen and oxygen atoms in total. The fourth-order valence-electron chi connectivity index (χ4n) is 3.93. The fourth-order valence-corrected chi connectivity index (χ4v) is 5.19. The average Bonchev–Trinajstić information content (AvgIpc) is 2.69. The topological polar surface area (TPSA) is 58.6 Å². The summed E-state index contributed by atoms with van der Waals surface area (Å²) in [4.78, 5) is 2.65. The van der Waals surface area contributed by atoms with E-state index in [1.54, 1.807) is 12.1 Å². The quantitative estimate of drug-likeness (QED) is 0.707. The van der Waals surface area contributed by atoms with Crippen molar-refractivity contribution in [1.82, 2.24) is 4.72 Å². The molecule has 0 saturated heterocycles. The maximum Gasteiger partial charge on any atom is 0.244 e. The van der Waals surface area contributed by atoms with E-state index >= 15 is 0 Å². The van der Waals surface area contributed by atoms with E-state index in [-0.39, 0.29) is 4.90 Å². The minimum atomic E-state index is -3.63. The molecule has 0 aromatic heterocycles. The largest absolute Gasteiger partial charge is 0.495 e. The molecule has 0 radical (unpaired) electrons. The second-order valence-electron chi connectivity index (χ2n) is 7.79. The number of methoxy groups -OCH3 is 1. The average molecular weight is 417 g/mol. The molecule has 6 heteroatoms. The molecule has 0 unspecified atom stereocenters. The smallest absolute Gasteiger partial charge is 0.244 e. The number of fused-ring (bicyclic) bond motifs is 1. The van der Waals surface area contributed by atoms with Gasteiger partial charge < -0.3 is 9.64 Å². The Morgan fingerprint density at radius 2 is 1.90 bits per heavy atom. The van der Waals surface area contributed by atoms with Gasteiger partial charge in [-0.15, -0.1) is 0 Å². The van der Waals surface area contributed by atoms with Crippen LogP contribution in [0, 0.1) is 13.8 Å². The van der Waals surface area contributed by atoms with E-state index in [1.165, 1.54) is 24.8 Å². The van der Waals surface area contributed by atoms with Gasteiger partial charge in [0, 0.05) is 25.3 Å². The third kappa shape index (κ3) is 4.93. The molecule has 158 valence electrons. The van der Waals surface area contributed by atoms with Crippen molar-refractivity contribution in [3.63, 3.8) is 0 Å². The number of nitrogens with zero attached hydrogens (tertiary/aromatic N) is 1. The molecule has 2 aromatic rings. The normalized spacial score (nSPS) is 14.0. The first-order valence-corrected chi connectivity index (χ1v) is 11.9. The third-order valence-corrected chi connectivity index (χ3v) is 7.11. The Hall–Kier alpha value is -2.05. The van der Waals surface area contributed by atoms with E-state index in [0.717, 1.165) is 42.6 Å². The number of benzene rings is 2. The number of anilines is 1. The number of nitrogens with one attached hydrogen (secondary N) is 1. The lowest BCUT2D eigenvalue weighted by Crippen LogP contribution is -2.30. The molecule has 29 heavy (non-hydrogen) atoms. The zero-order valence-corrected chi connectivity index (χ0v) is 18.7. The second kappa shape index (κ2) is 9.18. The van der Waals surface area contributed by atoms with Crippen molar-refractivity contribution in [2.75, 3.05) is 31.6 Å². The van der Waals surface area contributed by atoms with Crippen LogP contribution in [0.1, 0.15) is 42.0 Å². The van der Waals surface area contributed by atoms with Crippen LogP contribution in [0.5, 0.6) is 5.75 Å². The van der Waals surface area contributed by atoms with Crippen molar-refractivity contribution in [2.45, 2.75) is 51.3 Å². The zero-order valence-electron chi connectivity index (χ0n) is 17.9. The van der Waals surface area contributed by atoms with Gasteiger partial charge in [-0.25, -0.2) is 13.1 Å². The molecule has 0 fully saturated rings. The standard InChI is InChI=1S/C23H32N2O3S/c1-5-12-25-13-6-7-20-16-19(8-9-21(20)25)10-11-24-29(26,27)23-15-18(3)17(2)14-22(23)28-4/h8-9,14-16,24H,5-7,10-13H2,1-4H3. The first-order chi connectivity index (χ1) is 13.9. The van der Waals surface area contributed by atoms with Crippen molar-refractivity contribution >= 4 is 15.7 Å². The van der Waals surface area contributed by atoms with Gasteiger partial charge in [0.2, 0.25) is 10.0 Å². The van der Waals surface area contributed by atoms with E-state index in [1.807, 2.05) is 13.8 Å². The van der Waals surface area contributed by atoms with Crippen LogP contribution in [0.2, 0.25) is 0 Å². The Bertz CT molecular complexity index is 970. The summed E-state index contributed by atoms with van der Waals surface area (Å²) in [5, 5.41) is 0. The Labute approximate surface area is 175 Å². The maximum atomic E-state index is 12.8. The van der Waals surface area contributed by atoms with Crippen LogP contribution in [0.25, 0.3) is 0 Å². The molecule has 1 aliphatic heterocycles. The molecule has 2 aromatic carbocycles. The summed E-state index contributed by atoms with van der Waals surface area (Å²) >= 11 is 0. The number of ether oxygens (including phenoxy) is 1. The highest BCUT2D eigenvalue weighted by atomic mass is 32.2. The van der Waals surface area contributed by atoms with Crippen molar-refractivity contribution < 1.29 is 13.2 Å². The van der Waals surface area contributed by atoms with Gasteiger partial charge in [0.25, 0.3) is 0 Å². The molecule has 0 aliphatic carbocycles. The molecular formula is C23H32N2O3S. The van der Waals surface area contributed by atoms with Crippen LogP contribution in [-0.2, 0) is 22.9 Å². The lowest BCUT2D eigenvalue weighted by molar-refractivity contribution is 0.402. The molecular weight excluding hydrogens is 384 g/mol. The first kappa shape index (κ1) is 21.7. The van der Waals surface area contributed by atoms with Crippen molar-refractivity contribution in [3.8, 4) is 5.75 Å². The van der Waals surface area contributed by atoms with Gasteiger partial charge in [-0.3, -0.25) is 0 Å². The lowest BCUT2D eigenvalue weighted by atomic mass is 9.98. The van der Waals surface area contributed by atoms with Gasteiger partial charge in [-0.05, 0) is 80.0 Å². The van der Waals surface area contributed by atoms with Crippen LogP contribution in [-0.4, -0.2) is 35.2 Å². The number of sulfonamides is 1. The van der Waals surface area contributed by atoms with E-state index < -0.39 is 10.0 Å². The van der Waals surface area contributed by atoms with E-state index in [0.29, 0.717) is 18.7 Å². The van der Waals surface area contributed by atoms with Gasteiger partial charge in [0.15, 0.2) is 0 Å². The van der Waals surface area contributed by atoms with Crippen molar-refractivity contribution in [3.05, 3.63) is 52.6 Å². The number of hydrogen-bond donors (Lipinski definition) is 1. The molecule has 0 bridgehead atoms. The second-order valence-corrected chi connectivity index (χ2v) is 9.52. The SMILES string of the molecule is CCCN1CCCc2cc(CCNS(=O)(=O)c3cc(C)c(C)cc3OC)ccc21. The molecule has 0 spiro atoms. The fraction of sp³-hybridized carbons (Fsp3) is 0.478. The monoisotopic (exact) mass is 416 g/mol. The van der Waals surface area contributed by atoms with E-state index in [2.05, 4.69) is 34.7 Å². The Morgan fingerprint density at radius 1 is 1.14 bits per heavy atom. The minimum Gasteiger partial charge on any atom is -0.495 e. The van der Waals surface area contributed by atoms with Gasteiger partial charge in [-0.2, -0.15) is 0 Å². The van der Waals surface area contributed by atoms with Gasteiger partial charge in [0.1, 0.15) is 10.6 Å². The van der Waals surface area contributed by atoms with Gasteiger partial charge >= 0.3 is 0 Å². The summed E-state index contributed by atoms with van der Waals surface area (Å²) in [5.41, 5.74) is 5.81. The molecule has 0 amide bonds. The summed E-state index contributed by atoms with van der Waals surface area (Å²) in [5.74, 6) is 0.380. The van der Waals surface area contributed by atoms with E-state index in [9.17, 15) is 8.42 Å². The predicted molar refractivity (Wildman–Crippen MR) is 119 cm³/mol. The lowest BCUT2D eigenvalue weighted by Gasteiger charge is -2.31. The van der Waals surface area contributed by atoms with Crippen LogP contribution in [0.15, 0.2) is 35.2 Å². The van der Waals surface area contributed by atoms with Crippen LogP contribution >= 0.6 is 0 Å². The molecule has 1 heterocycles. The summed E-state index contributed by atoms with van der Waals surface area (Å²) < 4.78 is 33.7. The highest BCUT2D eigenvalue weighted by molar-refractivity contribution is 7.89. The van der Waals surface area contributed by atoms with Crippen LogP contribution in [0.3, 0.4) is 0 Å². The molecule has 3 rings (SSSR count). The highest BCUT2D eigenvalue weighted by Crippen LogP contribution is 2.29. The van der Waals surface area contributed by atoms with Gasteiger partial charge in [-0.1, -0.05) is 19.1 Å². The number of hydrogen-bond acceptors (Lipinski definition) is 4. The summed E-state index contributed by atoms with van der Waals surface area (Å²) in [6.07, 6.45) is 4.07. The number of rotatable bonds is 8. The molecule has 0 atom stereocenters. The van der Waals surface area contributed by atoms with Crippen molar-refractivity contribution in [1.29, 1.82) is 0 Å². The minimum absolute atomic E-state index is 0.198. The predicted octanol–water partition coefficient (Wildman–Crippen LogP) is 4.00. The Balaban J connectivity index is 1.69. The Kier molecular flexibility index (Phi) is 6.85. The number of aryl methyl sites for hydroxylation is 3. The van der Waals surface area contributed by atoms with Crippen molar-refractivity contribution in [2.24, 2.45) is 0 Å². The molecule has 1 N–H and O–H groups in total. The van der Waals surface area contributed by atoms with Crippen LogP contribution < -0.4 is 14.4 Å². The van der Waals surface area contributed by atoms with E-state index in [4.69, 9.17) is 4.74 Å². The maximum absolute atomic E-state index is 12.8.